The molecule has 0 radical (unpaired) electrons. The van der Waals surface area contributed by atoms with Gasteiger partial charge in [0.25, 0.3) is 0 Å². The summed E-state index contributed by atoms with van der Waals surface area (Å²) in [5.41, 5.74) is -0.571. The second-order valence-corrected chi connectivity index (χ2v) is 6.59. The van der Waals surface area contributed by atoms with Crippen molar-refractivity contribution in [1.82, 2.24) is 0 Å². The van der Waals surface area contributed by atoms with Gasteiger partial charge in [0.2, 0.25) is 9.05 Å². The molecule has 6 heteroatoms. The van der Waals surface area contributed by atoms with E-state index in [2.05, 4.69) is 0 Å². The molecule has 0 saturated carbocycles. The highest BCUT2D eigenvalue weighted by Crippen LogP contribution is 2.40. The normalized spacial score (nSPS) is 32.2. The summed E-state index contributed by atoms with van der Waals surface area (Å²) in [6, 6.07) is 0. The van der Waals surface area contributed by atoms with Gasteiger partial charge in [-0.1, -0.05) is 0 Å². The van der Waals surface area contributed by atoms with E-state index in [1.807, 2.05) is 0 Å². The van der Waals surface area contributed by atoms with Crippen LogP contribution in [0.3, 0.4) is 0 Å². The first kappa shape index (κ1) is 10.7. The Bertz CT molecular complexity index is 307. The highest BCUT2D eigenvalue weighted by Gasteiger charge is 2.51. The van der Waals surface area contributed by atoms with Gasteiger partial charge in [-0.2, -0.15) is 0 Å². The number of halogens is 1. The summed E-state index contributed by atoms with van der Waals surface area (Å²) in [6.45, 7) is 1.60. The Morgan fingerprint density at radius 3 is 2.43 bits per heavy atom. The third kappa shape index (κ3) is 1.78. The molecule has 2 saturated heterocycles. The Morgan fingerprint density at radius 1 is 1.21 bits per heavy atom. The topological polar surface area (TPSA) is 52.6 Å². The predicted octanol–water partition coefficient (Wildman–Crippen LogP) is 0.893. The van der Waals surface area contributed by atoms with Crippen LogP contribution >= 0.6 is 10.7 Å². The van der Waals surface area contributed by atoms with Crippen molar-refractivity contribution in [1.29, 1.82) is 0 Å². The van der Waals surface area contributed by atoms with Gasteiger partial charge in [0, 0.05) is 43.3 Å². The van der Waals surface area contributed by atoms with Crippen molar-refractivity contribution in [3.8, 4) is 0 Å². The Morgan fingerprint density at radius 2 is 1.86 bits per heavy atom. The fourth-order valence-electron chi connectivity index (χ4n) is 2.31. The highest BCUT2D eigenvalue weighted by atomic mass is 35.7. The fourth-order valence-corrected chi connectivity index (χ4v) is 4.25. The van der Waals surface area contributed by atoms with Crippen LogP contribution in [0.2, 0.25) is 0 Å². The van der Waals surface area contributed by atoms with Crippen molar-refractivity contribution in [3.05, 3.63) is 0 Å². The summed E-state index contributed by atoms with van der Waals surface area (Å²) >= 11 is 0. The molecule has 0 bridgehead atoms. The molecule has 0 amide bonds. The second kappa shape index (κ2) is 3.63. The molecule has 1 atom stereocenters. The molecule has 2 rings (SSSR count). The maximum absolute atomic E-state index is 11.4. The fraction of sp³-hybridized carbons (Fsp3) is 1.00. The van der Waals surface area contributed by atoms with Gasteiger partial charge in [0.15, 0.2) is 0 Å². The minimum absolute atomic E-state index is 0.483. The summed E-state index contributed by atoms with van der Waals surface area (Å²) in [4.78, 5) is 0. The molecular weight excluding hydrogens is 228 g/mol. The first-order chi connectivity index (χ1) is 6.55. The summed E-state index contributed by atoms with van der Waals surface area (Å²) < 4.78 is 33.5. The zero-order valence-corrected chi connectivity index (χ0v) is 9.31. The second-order valence-electron chi connectivity index (χ2n) is 3.78. The molecule has 0 N–H and O–H groups in total. The molecule has 2 fully saturated rings. The van der Waals surface area contributed by atoms with Crippen molar-refractivity contribution in [2.45, 2.75) is 30.1 Å². The summed E-state index contributed by atoms with van der Waals surface area (Å²) in [5, 5.41) is -0.555. The third-order valence-corrected chi connectivity index (χ3v) is 5.03. The van der Waals surface area contributed by atoms with Crippen molar-refractivity contribution in [2.75, 3.05) is 19.8 Å². The lowest BCUT2D eigenvalue weighted by atomic mass is 9.91. The van der Waals surface area contributed by atoms with Crippen LogP contribution in [0.25, 0.3) is 0 Å². The van der Waals surface area contributed by atoms with Crippen LogP contribution in [-0.4, -0.2) is 39.1 Å². The molecule has 2 aliphatic heterocycles. The van der Waals surface area contributed by atoms with Crippen molar-refractivity contribution in [2.24, 2.45) is 0 Å². The lowest BCUT2D eigenvalue weighted by Crippen LogP contribution is -2.46. The Labute approximate surface area is 87.9 Å². The van der Waals surface area contributed by atoms with E-state index in [9.17, 15) is 8.42 Å². The highest BCUT2D eigenvalue weighted by molar-refractivity contribution is 8.14. The minimum Gasteiger partial charge on any atom is -0.381 e. The van der Waals surface area contributed by atoms with Crippen molar-refractivity contribution in [3.63, 3.8) is 0 Å². The Kier molecular flexibility index (Phi) is 2.76. The SMILES string of the molecule is O=S(=O)(Cl)C1CCOC12CCOCC2. The van der Waals surface area contributed by atoms with E-state index in [1.54, 1.807) is 0 Å². The van der Waals surface area contributed by atoms with Crippen LogP contribution in [-0.2, 0) is 18.5 Å². The minimum atomic E-state index is -3.52. The van der Waals surface area contributed by atoms with E-state index in [4.69, 9.17) is 20.2 Å². The lowest BCUT2D eigenvalue weighted by Gasteiger charge is -2.35. The number of ether oxygens (including phenoxy) is 2. The van der Waals surface area contributed by atoms with Crippen LogP contribution in [0, 0.1) is 0 Å². The maximum atomic E-state index is 11.4. The van der Waals surface area contributed by atoms with Gasteiger partial charge < -0.3 is 9.47 Å². The standard InChI is InChI=1S/C8H13ClO4S/c9-14(10,11)7-1-4-13-8(7)2-5-12-6-3-8/h7H,1-6H2. The molecule has 82 valence electrons. The van der Waals surface area contributed by atoms with Crippen molar-refractivity contribution < 1.29 is 17.9 Å². The van der Waals surface area contributed by atoms with E-state index in [1.165, 1.54) is 0 Å². The van der Waals surface area contributed by atoms with Gasteiger partial charge >= 0.3 is 0 Å². The third-order valence-electron chi connectivity index (χ3n) is 3.04. The van der Waals surface area contributed by atoms with Gasteiger partial charge in [0.1, 0.15) is 5.25 Å². The lowest BCUT2D eigenvalue weighted by molar-refractivity contribution is -0.0758. The van der Waals surface area contributed by atoms with Crippen molar-refractivity contribution >= 4 is 19.7 Å². The average molecular weight is 241 g/mol. The van der Waals surface area contributed by atoms with E-state index < -0.39 is 19.9 Å². The molecule has 4 nitrogen and oxygen atoms in total. The van der Waals surface area contributed by atoms with Gasteiger partial charge in [-0.05, 0) is 6.42 Å². The maximum Gasteiger partial charge on any atom is 0.238 e. The molecular formula is C8H13ClO4S. The zero-order valence-electron chi connectivity index (χ0n) is 7.74. The molecule has 1 unspecified atom stereocenters. The summed E-state index contributed by atoms with van der Waals surface area (Å²) in [6.07, 6.45) is 1.76. The first-order valence-corrected chi connectivity index (χ1v) is 7.07. The monoisotopic (exact) mass is 240 g/mol. The zero-order chi connectivity index (χ0) is 10.2. The molecule has 0 aliphatic carbocycles. The van der Waals surface area contributed by atoms with Gasteiger partial charge in [-0.15, -0.1) is 0 Å². The molecule has 1 spiro atoms. The Balaban J connectivity index is 2.24. The van der Waals surface area contributed by atoms with Crippen LogP contribution in [0.5, 0.6) is 0 Å². The van der Waals surface area contributed by atoms with E-state index >= 15 is 0 Å². The molecule has 0 aromatic rings. The van der Waals surface area contributed by atoms with Crippen LogP contribution in [0.1, 0.15) is 19.3 Å². The van der Waals surface area contributed by atoms with Gasteiger partial charge in [0.05, 0.1) is 5.60 Å². The van der Waals surface area contributed by atoms with Gasteiger partial charge in [-0.25, -0.2) is 8.42 Å². The number of hydrogen-bond acceptors (Lipinski definition) is 4. The van der Waals surface area contributed by atoms with Crippen LogP contribution < -0.4 is 0 Å². The quantitative estimate of drug-likeness (QED) is 0.639. The molecule has 0 aromatic heterocycles. The van der Waals surface area contributed by atoms with Crippen LogP contribution in [0.15, 0.2) is 0 Å². The molecule has 2 heterocycles. The van der Waals surface area contributed by atoms with E-state index in [0.717, 1.165) is 0 Å². The average Bonchev–Trinajstić information content (AvgIpc) is 2.49. The van der Waals surface area contributed by atoms with Gasteiger partial charge in [-0.3, -0.25) is 0 Å². The smallest absolute Gasteiger partial charge is 0.238 e. The largest absolute Gasteiger partial charge is 0.381 e. The van der Waals surface area contributed by atoms with Crippen LogP contribution in [0.4, 0.5) is 0 Å². The summed E-state index contributed by atoms with van der Waals surface area (Å²) in [5.74, 6) is 0. The number of rotatable bonds is 1. The van der Waals surface area contributed by atoms with E-state index in [-0.39, 0.29) is 0 Å². The molecule has 14 heavy (non-hydrogen) atoms. The summed E-state index contributed by atoms with van der Waals surface area (Å²) in [7, 11) is 1.89. The van der Waals surface area contributed by atoms with E-state index in [0.29, 0.717) is 39.1 Å². The number of hydrogen-bond donors (Lipinski definition) is 0. The molecule has 2 aliphatic rings. The first-order valence-electron chi connectivity index (χ1n) is 4.70. The predicted molar refractivity (Wildman–Crippen MR) is 51.9 cm³/mol. The molecule has 0 aromatic carbocycles. The Hall–Kier alpha value is 0.160.